The number of hydrogen-bond donors (Lipinski definition) is 0. The largest absolute Gasteiger partial charge is 0.361 e. The van der Waals surface area contributed by atoms with Gasteiger partial charge in [-0.2, -0.15) is 0 Å². The Kier molecular flexibility index (Phi) is 7.02. The van der Waals surface area contributed by atoms with Gasteiger partial charge in [-0.25, -0.2) is 8.42 Å². The summed E-state index contributed by atoms with van der Waals surface area (Å²) in [5.74, 6) is 0.400. The zero-order valence-electron chi connectivity index (χ0n) is 15.3. The van der Waals surface area contributed by atoms with Gasteiger partial charge in [-0.15, -0.1) is 0 Å². The average Bonchev–Trinajstić information content (AvgIpc) is 2.57. The van der Waals surface area contributed by atoms with Crippen LogP contribution in [0.15, 0.2) is 30.3 Å². The van der Waals surface area contributed by atoms with Crippen molar-refractivity contribution < 1.29 is 17.9 Å². The Bertz CT molecular complexity index is 657. The number of rotatable bonds is 7. The molecule has 1 saturated heterocycles. The zero-order valence-corrected chi connectivity index (χ0v) is 16.2. The SMILES string of the molecule is CC(C)OC(C(=O)N1CCCC(CCS(C)(=O)=O)C1)c1ccccc1. The maximum absolute atomic E-state index is 13.1. The van der Waals surface area contributed by atoms with Gasteiger partial charge in [-0.1, -0.05) is 30.3 Å². The average molecular weight is 368 g/mol. The van der Waals surface area contributed by atoms with Gasteiger partial charge in [0.2, 0.25) is 0 Å². The molecule has 0 aromatic heterocycles. The van der Waals surface area contributed by atoms with E-state index in [4.69, 9.17) is 4.74 Å². The third-order valence-electron chi connectivity index (χ3n) is 4.46. The fourth-order valence-electron chi connectivity index (χ4n) is 3.23. The Morgan fingerprint density at radius 3 is 2.56 bits per heavy atom. The number of likely N-dealkylation sites (tertiary alicyclic amines) is 1. The van der Waals surface area contributed by atoms with Crippen LogP contribution in [0.5, 0.6) is 0 Å². The van der Waals surface area contributed by atoms with Crippen LogP contribution >= 0.6 is 0 Å². The molecule has 0 radical (unpaired) electrons. The minimum absolute atomic E-state index is 0.0241. The van der Waals surface area contributed by atoms with Gasteiger partial charge < -0.3 is 9.64 Å². The van der Waals surface area contributed by atoms with Crippen LogP contribution in [0, 0.1) is 5.92 Å². The molecule has 0 spiro atoms. The van der Waals surface area contributed by atoms with Gasteiger partial charge in [0.1, 0.15) is 9.84 Å². The third kappa shape index (κ3) is 6.44. The summed E-state index contributed by atoms with van der Waals surface area (Å²) in [6, 6.07) is 9.56. The van der Waals surface area contributed by atoms with Crippen LogP contribution in [-0.2, 0) is 19.4 Å². The maximum Gasteiger partial charge on any atom is 0.256 e. The molecule has 1 fully saturated rings. The Hall–Kier alpha value is -1.40. The Balaban J connectivity index is 2.07. The van der Waals surface area contributed by atoms with Gasteiger partial charge in [0.25, 0.3) is 5.91 Å². The smallest absolute Gasteiger partial charge is 0.256 e. The number of benzene rings is 1. The van der Waals surface area contributed by atoms with E-state index in [1.807, 2.05) is 49.1 Å². The second-order valence-corrected chi connectivity index (χ2v) is 9.45. The normalized spacial score (nSPS) is 19.8. The van der Waals surface area contributed by atoms with Crippen molar-refractivity contribution in [1.29, 1.82) is 0 Å². The van der Waals surface area contributed by atoms with Crippen molar-refractivity contribution in [3.05, 3.63) is 35.9 Å². The van der Waals surface area contributed by atoms with Gasteiger partial charge in [-0.05, 0) is 44.6 Å². The second kappa shape index (κ2) is 8.81. The predicted octanol–water partition coefficient (Wildman–Crippen LogP) is 2.83. The lowest BCUT2D eigenvalue weighted by Gasteiger charge is -2.35. The number of piperidine rings is 1. The first kappa shape index (κ1) is 19.9. The highest BCUT2D eigenvalue weighted by Gasteiger charge is 2.31. The molecule has 6 heteroatoms. The lowest BCUT2D eigenvalue weighted by Crippen LogP contribution is -2.43. The summed E-state index contributed by atoms with van der Waals surface area (Å²) in [7, 11) is -2.96. The number of nitrogens with zero attached hydrogens (tertiary/aromatic N) is 1. The van der Waals surface area contributed by atoms with Crippen molar-refractivity contribution in [1.82, 2.24) is 4.90 Å². The van der Waals surface area contributed by atoms with E-state index < -0.39 is 15.9 Å². The number of amides is 1. The highest BCUT2D eigenvalue weighted by Crippen LogP contribution is 2.26. The number of sulfone groups is 1. The van der Waals surface area contributed by atoms with Gasteiger partial charge in [0.05, 0.1) is 11.9 Å². The van der Waals surface area contributed by atoms with Crippen LogP contribution < -0.4 is 0 Å². The number of hydrogen-bond acceptors (Lipinski definition) is 4. The zero-order chi connectivity index (χ0) is 18.4. The van der Waals surface area contributed by atoms with E-state index in [1.54, 1.807) is 0 Å². The monoisotopic (exact) mass is 367 g/mol. The van der Waals surface area contributed by atoms with Crippen molar-refractivity contribution in [2.75, 3.05) is 25.1 Å². The number of carbonyl (C=O) groups excluding carboxylic acids is 1. The minimum atomic E-state index is -2.96. The second-order valence-electron chi connectivity index (χ2n) is 7.19. The first-order chi connectivity index (χ1) is 11.8. The molecule has 1 heterocycles. The molecule has 0 aliphatic carbocycles. The van der Waals surface area contributed by atoms with Crippen molar-refractivity contribution in [2.24, 2.45) is 5.92 Å². The van der Waals surface area contributed by atoms with Crippen molar-refractivity contribution >= 4 is 15.7 Å². The standard InChI is InChI=1S/C19H29NO4S/c1-15(2)24-18(17-9-5-4-6-10-17)19(21)20-12-7-8-16(14-20)11-13-25(3,22)23/h4-6,9-10,15-16,18H,7-8,11-14H2,1-3H3. The van der Waals surface area contributed by atoms with E-state index in [-0.39, 0.29) is 23.7 Å². The summed E-state index contributed by atoms with van der Waals surface area (Å²) in [6.07, 6.45) is 3.10. The molecule has 2 rings (SSSR count). The summed E-state index contributed by atoms with van der Waals surface area (Å²) in [5, 5.41) is 0. The van der Waals surface area contributed by atoms with Gasteiger partial charge in [0.15, 0.2) is 6.10 Å². The van der Waals surface area contributed by atoms with E-state index in [0.29, 0.717) is 19.5 Å². The van der Waals surface area contributed by atoms with Crippen molar-refractivity contribution in [2.45, 2.75) is 45.3 Å². The first-order valence-electron chi connectivity index (χ1n) is 8.93. The summed E-state index contributed by atoms with van der Waals surface area (Å²) in [6.45, 7) is 5.17. The van der Waals surface area contributed by atoms with Crippen LogP contribution in [-0.4, -0.2) is 50.4 Å². The molecular weight excluding hydrogens is 338 g/mol. The van der Waals surface area contributed by atoms with Crippen LogP contribution in [0.3, 0.4) is 0 Å². The molecule has 2 atom stereocenters. The molecule has 1 aliphatic heterocycles. The first-order valence-corrected chi connectivity index (χ1v) is 11.0. The Morgan fingerprint density at radius 1 is 1.28 bits per heavy atom. The van der Waals surface area contributed by atoms with E-state index in [1.165, 1.54) is 6.26 Å². The topological polar surface area (TPSA) is 63.7 Å². The molecule has 5 nitrogen and oxygen atoms in total. The van der Waals surface area contributed by atoms with Crippen LogP contribution in [0.2, 0.25) is 0 Å². The lowest BCUT2D eigenvalue weighted by atomic mass is 9.94. The van der Waals surface area contributed by atoms with E-state index in [9.17, 15) is 13.2 Å². The molecule has 1 amide bonds. The molecule has 0 saturated carbocycles. The Labute approximate surface area is 151 Å². The Morgan fingerprint density at radius 2 is 1.96 bits per heavy atom. The van der Waals surface area contributed by atoms with Crippen LogP contribution in [0.1, 0.15) is 44.8 Å². The molecule has 2 unspecified atom stereocenters. The van der Waals surface area contributed by atoms with Crippen molar-refractivity contribution in [3.8, 4) is 0 Å². The summed E-state index contributed by atoms with van der Waals surface area (Å²) in [5.41, 5.74) is 0.861. The van der Waals surface area contributed by atoms with Gasteiger partial charge in [0, 0.05) is 19.3 Å². The molecule has 0 bridgehead atoms. The molecule has 140 valence electrons. The number of ether oxygens (including phenoxy) is 1. The molecule has 0 N–H and O–H groups in total. The van der Waals surface area contributed by atoms with E-state index in [0.717, 1.165) is 18.4 Å². The molecule has 1 aromatic carbocycles. The highest BCUT2D eigenvalue weighted by molar-refractivity contribution is 7.90. The van der Waals surface area contributed by atoms with Crippen LogP contribution in [0.4, 0.5) is 0 Å². The molecular formula is C19H29NO4S. The van der Waals surface area contributed by atoms with Gasteiger partial charge in [-0.3, -0.25) is 4.79 Å². The van der Waals surface area contributed by atoms with E-state index in [2.05, 4.69) is 0 Å². The summed E-state index contributed by atoms with van der Waals surface area (Å²) >= 11 is 0. The quantitative estimate of drug-likeness (QED) is 0.743. The van der Waals surface area contributed by atoms with Gasteiger partial charge >= 0.3 is 0 Å². The highest BCUT2D eigenvalue weighted by atomic mass is 32.2. The van der Waals surface area contributed by atoms with Crippen LogP contribution in [0.25, 0.3) is 0 Å². The fraction of sp³-hybridized carbons (Fsp3) is 0.632. The molecule has 1 aromatic rings. The van der Waals surface area contributed by atoms with Crippen molar-refractivity contribution in [3.63, 3.8) is 0 Å². The third-order valence-corrected chi connectivity index (χ3v) is 5.44. The maximum atomic E-state index is 13.1. The summed E-state index contributed by atoms with van der Waals surface area (Å²) in [4.78, 5) is 14.9. The minimum Gasteiger partial charge on any atom is -0.361 e. The fourth-order valence-corrected chi connectivity index (χ4v) is 3.99. The van der Waals surface area contributed by atoms with E-state index >= 15 is 0 Å². The lowest BCUT2D eigenvalue weighted by molar-refractivity contribution is -0.149. The summed E-state index contributed by atoms with van der Waals surface area (Å²) < 4.78 is 28.7. The molecule has 25 heavy (non-hydrogen) atoms. The number of carbonyl (C=O) groups is 1. The predicted molar refractivity (Wildman–Crippen MR) is 99.0 cm³/mol. The molecule has 1 aliphatic rings.